The van der Waals surface area contributed by atoms with Gasteiger partial charge in [0.1, 0.15) is 18.3 Å². The largest absolute Gasteiger partial charge is 0.492 e. The average Bonchev–Trinajstić information content (AvgIpc) is 2.95. The number of rotatable bonds is 2. The van der Waals surface area contributed by atoms with Gasteiger partial charge in [-0.15, -0.1) is 0 Å². The predicted octanol–water partition coefficient (Wildman–Crippen LogP) is 0.757. The Labute approximate surface area is 131 Å². The highest BCUT2D eigenvalue weighted by Crippen LogP contribution is 2.32. The van der Waals surface area contributed by atoms with Gasteiger partial charge in [-0.1, -0.05) is 0 Å². The van der Waals surface area contributed by atoms with Crippen molar-refractivity contribution in [2.45, 2.75) is 12.8 Å². The van der Waals surface area contributed by atoms with Crippen molar-refractivity contribution in [3.05, 3.63) is 35.5 Å². The number of nitrogens with zero attached hydrogens (tertiary/aromatic N) is 1. The van der Waals surface area contributed by atoms with E-state index in [2.05, 4.69) is 15.8 Å². The van der Waals surface area contributed by atoms with Gasteiger partial charge in [-0.3, -0.25) is 14.4 Å². The second-order valence-corrected chi connectivity index (χ2v) is 5.64. The number of amides is 1. The number of carbonyl (C=O) groups is 3. The van der Waals surface area contributed by atoms with Crippen molar-refractivity contribution in [1.29, 1.82) is 0 Å². The fraction of sp³-hybridized carbons (Fsp3) is 0.250. The number of allylic oxidation sites excluding steroid dienone is 2. The summed E-state index contributed by atoms with van der Waals surface area (Å²) in [5, 5.41) is 7.20. The number of hydrogen-bond acceptors (Lipinski definition) is 6. The van der Waals surface area contributed by atoms with Crippen molar-refractivity contribution in [1.82, 2.24) is 5.43 Å². The number of carbonyl (C=O) groups excluding carboxylic acids is 3. The minimum absolute atomic E-state index is 0.0999. The van der Waals surface area contributed by atoms with Crippen LogP contribution in [0.5, 0.6) is 5.75 Å². The maximum Gasteiger partial charge on any atom is 0.308 e. The molecule has 2 heterocycles. The Hall–Kier alpha value is -2.96. The second-order valence-electron chi connectivity index (χ2n) is 5.64. The molecule has 1 aliphatic carbocycles. The van der Waals surface area contributed by atoms with Gasteiger partial charge in [-0.2, -0.15) is 5.10 Å². The molecule has 0 radical (unpaired) electrons. The molecule has 7 nitrogen and oxygen atoms in total. The third kappa shape index (κ3) is 2.30. The van der Waals surface area contributed by atoms with Crippen LogP contribution in [0.2, 0.25) is 0 Å². The van der Waals surface area contributed by atoms with Gasteiger partial charge < -0.3 is 10.1 Å². The molecule has 2 aliphatic heterocycles. The van der Waals surface area contributed by atoms with Crippen LogP contribution in [-0.4, -0.2) is 29.8 Å². The minimum atomic E-state index is -0.707. The van der Waals surface area contributed by atoms with Crippen LogP contribution < -0.4 is 15.5 Å². The molecule has 3 aliphatic rings. The number of hydrazone groups is 1. The number of benzene rings is 1. The molecule has 1 unspecified atom stereocenters. The minimum Gasteiger partial charge on any atom is -0.492 e. The van der Waals surface area contributed by atoms with Crippen molar-refractivity contribution in [2.24, 2.45) is 11.0 Å². The van der Waals surface area contributed by atoms with E-state index in [4.69, 9.17) is 4.74 Å². The Morgan fingerprint density at radius 2 is 2.09 bits per heavy atom. The summed E-state index contributed by atoms with van der Waals surface area (Å²) in [6, 6.07) is 5.43. The Morgan fingerprint density at radius 3 is 2.87 bits per heavy atom. The van der Waals surface area contributed by atoms with Gasteiger partial charge in [0.15, 0.2) is 5.78 Å². The summed E-state index contributed by atoms with van der Waals surface area (Å²) < 4.78 is 5.63. The molecular formula is C16H13N3O4. The van der Waals surface area contributed by atoms with Crippen molar-refractivity contribution in [2.75, 3.05) is 11.9 Å². The highest BCUT2D eigenvalue weighted by molar-refractivity contribution is 6.43. The lowest BCUT2D eigenvalue weighted by molar-refractivity contribution is -0.140. The molecule has 0 fully saturated rings. The predicted molar refractivity (Wildman–Crippen MR) is 81.1 cm³/mol. The van der Waals surface area contributed by atoms with Gasteiger partial charge in [0.25, 0.3) is 0 Å². The summed E-state index contributed by atoms with van der Waals surface area (Å²) in [4.78, 5) is 34.5. The monoisotopic (exact) mass is 311 g/mol. The number of hydrogen-bond donors (Lipinski definition) is 2. The molecule has 0 spiro atoms. The molecule has 0 aromatic heterocycles. The SMILES string of the molecule is O=C1C=C(Nc2ccc3c(c2)OCC2C(=O)C(=O)NN=C32)CC1. The third-order valence-electron chi connectivity index (χ3n) is 4.09. The normalized spacial score (nSPS) is 22.4. The molecule has 23 heavy (non-hydrogen) atoms. The zero-order chi connectivity index (χ0) is 16.0. The molecule has 0 saturated carbocycles. The molecule has 116 valence electrons. The molecule has 2 N–H and O–H groups in total. The van der Waals surface area contributed by atoms with Crippen LogP contribution in [0.1, 0.15) is 18.4 Å². The second kappa shape index (κ2) is 5.05. The van der Waals surface area contributed by atoms with Crippen LogP contribution in [0.15, 0.2) is 35.1 Å². The molecule has 0 bridgehead atoms. The van der Waals surface area contributed by atoms with Crippen LogP contribution in [-0.2, 0) is 14.4 Å². The van der Waals surface area contributed by atoms with E-state index >= 15 is 0 Å². The first kappa shape index (κ1) is 13.7. The summed E-state index contributed by atoms with van der Waals surface area (Å²) in [5.41, 5.74) is 5.13. The first-order valence-electron chi connectivity index (χ1n) is 7.31. The summed E-state index contributed by atoms with van der Waals surface area (Å²) in [5.74, 6) is -1.17. The molecule has 1 amide bonds. The molecule has 0 saturated heterocycles. The van der Waals surface area contributed by atoms with E-state index in [0.717, 1.165) is 11.4 Å². The van der Waals surface area contributed by atoms with Crippen LogP contribution >= 0.6 is 0 Å². The van der Waals surface area contributed by atoms with Crippen molar-refractivity contribution in [3.8, 4) is 5.75 Å². The summed E-state index contributed by atoms with van der Waals surface area (Å²) in [6.45, 7) is 0.0999. The lowest BCUT2D eigenvalue weighted by atomic mass is 9.89. The number of anilines is 1. The Balaban J connectivity index is 1.64. The van der Waals surface area contributed by atoms with E-state index in [1.165, 1.54) is 0 Å². The van der Waals surface area contributed by atoms with Gasteiger partial charge in [0.05, 0.1) is 5.71 Å². The fourth-order valence-corrected chi connectivity index (χ4v) is 2.91. The smallest absolute Gasteiger partial charge is 0.308 e. The van der Waals surface area contributed by atoms with Crippen molar-refractivity contribution < 1.29 is 19.1 Å². The maximum absolute atomic E-state index is 11.9. The zero-order valence-electron chi connectivity index (χ0n) is 12.1. The Kier molecular flexibility index (Phi) is 3.00. The summed E-state index contributed by atoms with van der Waals surface area (Å²) >= 11 is 0. The lowest BCUT2D eigenvalue weighted by Gasteiger charge is -2.28. The molecular weight excluding hydrogens is 298 g/mol. The lowest BCUT2D eigenvalue weighted by Crippen LogP contribution is -2.47. The number of Topliss-reactive ketones (excluding diaryl/α,β-unsaturated/α-hetero) is 1. The average molecular weight is 311 g/mol. The van der Waals surface area contributed by atoms with Crippen LogP contribution in [0.3, 0.4) is 0 Å². The highest BCUT2D eigenvalue weighted by Gasteiger charge is 2.39. The number of nitrogens with one attached hydrogen (secondary N) is 2. The summed E-state index contributed by atoms with van der Waals surface area (Å²) in [7, 11) is 0. The molecule has 1 aromatic carbocycles. The van der Waals surface area contributed by atoms with Crippen LogP contribution in [0, 0.1) is 5.92 Å². The topological polar surface area (TPSA) is 96.9 Å². The summed E-state index contributed by atoms with van der Waals surface area (Å²) in [6.07, 6.45) is 2.84. The quantitative estimate of drug-likeness (QED) is 0.786. The van der Waals surface area contributed by atoms with Crippen LogP contribution in [0.4, 0.5) is 5.69 Å². The Morgan fingerprint density at radius 1 is 1.22 bits per heavy atom. The Bertz CT molecular complexity index is 810. The van der Waals surface area contributed by atoms with E-state index in [9.17, 15) is 14.4 Å². The van der Waals surface area contributed by atoms with E-state index in [1.54, 1.807) is 18.2 Å². The number of fused-ring (bicyclic) bond motifs is 3. The molecule has 1 atom stereocenters. The van der Waals surface area contributed by atoms with E-state index in [-0.39, 0.29) is 12.4 Å². The highest BCUT2D eigenvalue weighted by atomic mass is 16.5. The molecule has 7 heteroatoms. The van der Waals surface area contributed by atoms with Gasteiger partial charge in [0.2, 0.25) is 5.78 Å². The van der Waals surface area contributed by atoms with E-state index < -0.39 is 17.6 Å². The van der Waals surface area contributed by atoms with E-state index in [0.29, 0.717) is 29.9 Å². The van der Waals surface area contributed by atoms with Crippen molar-refractivity contribution in [3.63, 3.8) is 0 Å². The number of ether oxygens (including phenoxy) is 1. The van der Waals surface area contributed by atoms with Gasteiger partial charge >= 0.3 is 5.91 Å². The standard InChI is InChI=1S/C16H13N3O4/c20-10-3-1-8(5-10)17-9-2-4-11-13(6-9)23-7-12-14(11)18-19-16(22)15(12)21/h2,4-6,12,17H,1,3,7H2,(H,19,22). The van der Waals surface area contributed by atoms with Crippen LogP contribution in [0.25, 0.3) is 0 Å². The van der Waals surface area contributed by atoms with Gasteiger partial charge in [-0.05, 0) is 18.6 Å². The molecule has 4 rings (SSSR count). The maximum atomic E-state index is 11.9. The van der Waals surface area contributed by atoms with Gasteiger partial charge in [-0.25, -0.2) is 5.43 Å². The fourth-order valence-electron chi connectivity index (χ4n) is 2.91. The van der Waals surface area contributed by atoms with Gasteiger partial charge in [0, 0.05) is 35.5 Å². The van der Waals surface area contributed by atoms with E-state index in [1.807, 2.05) is 6.07 Å². The first-order valence-corrected chi connectivity index (χ1v) is 7.31. The first-order chi connectivity index (χ1) is 11.1. The van der Waals surface area contributed by atoms with Crippen molar-refractivity contribution >= 4 is 28.9 Å². The third-order valence-corrected chi connectivity index (χ3v) is 4.09. The zero-order valence-corrected chi connectivity index (χ0v) is 12.1. The molecule has 1 aromatic rings. The number of ketones is 2.